The summed E-state index contributed by atoms with van der Waals surface area (Å²) in [6.45, 7) is 9.30. The minimum Gasteiger partial charge on any atom is -0.497 e. The van der Waals surface area contributed by atoms with Crippen LogP contribution in [-0.4, -0.2) is 28.5 Å². The van der Waals surface area contributed by atoms with Crippen LogP contribution < -0.4 is 5.56 Å². The molecule has 0 radical (unpaired) electrons. The molecule has 1 atom stereocenters. The molecule has 6 nitrogen and oxygen atoms in total. The van der Waals surface area contributed by atoms with E-state index in [9.17, 15) is 14.3 Å². The number of hydrogen-bond donors (Lipinski definition) is 1. The molecule has 0 unspecified atom stereocenters. The number of pyridine rings is 2. The summed E-state index contributed by atoms with van der Waals surface area (Å²) in [6.07, 6.45) is 1.43. The van der Waals surface area contributed by atoms with Gasteiger partial charge in [-0.2, -0.15) is 0 Å². The molecular weight excluding hydrogens is 397 g/mol. The topological polar surface area (TPSA) is 76.7 Å². The number of aryl methyl sites for hydroxylation is 1. The maximum absolute atomic E-state index is 14.7. The Labute approximate surface area is 178 Å². The van der Waals surface area contributed by atoms with Gasteiger partial charge in [-0.15, -0.1) is 0 Å². The van der Waals surface area contributed by atoms with Crippen LogP contribution in [0.1, 0.15) is 45.8 Å². The fraction of sp³-hybridized carbons (Fsp3) is 0.292. The van der Waals surface area contributed by atoms with E-state index in [1.165, 1.54) is 13.2 Å². The monoisotopic (exact) mass is 419 g/mol. The number of ether oxygens (including phenoxy) is 1. The Balaban J connectivity index is 1.90. The van der Waals surface area contributed by atoms with Crippen LogP contribution >= 0.6 is 0 Å². The van der Waals surface area contributed by atoms with E-state index < -0.39 is 6.61 Å². The highest BCUT2D eigenvalue weighted by molar-refractivity contribution is 5.93. The third kappa shape index (κ3) is 2.56. The number of aliphatic hydroxyl groups is 1. The van der Waals surface area contributed by atoms with Crippen molar-refractivity contribution in [1.82, 2.24) is 9.55 Å². The Bertz CT molecular complexity index is 1370. The normalized spacial score (nSPS) is 16.2. The molecule has 2 aromatic heterocycles. The van der Waals surface area contributed by atoms with E-state index >= 15 is 0 Å². The molecule has 0 fully saturated rings. The lowest BCUT2D eigenvalue weighted by Gasteiger charge is -2.26. The summed E-state index contributed by atoms with van der Waals surface area (Å²) in [5.41, 5.74) is 5.58. The second-order valence-corrected chi connectivity index (χ2v) is 8.04. The number of halogens is 1. The van der Waals surface area contributed by atoms with Crippen molar-refractivity contribution < 1.29 is 14.2 Å². The SMILES string of the molecule is C=N[C@H]1CCc2c(C)c(F)cc3nc4c(c1c23)Cn1c-4cc(C(=C)OC)c(CO)c1=O. The van der Waals surface area contributed by atoms with Gasteiger partial charge in [-0.05, 0) is 49.2 Å². The fourth-order valence-electron chi connectivity index (χ4n) is 5.01. The Hall–Kier alpha value is -3.32. The van der Waals surface area contributed by atoms with Crippen LogP contribution in [0.5, 0.6) is 0 Å². The molecule has 0 spiro atoms. The molecule has 0 saturated heterocycles. The van der Waals surface area contributed by atoms with Gasteiger partial charge >= 0.3 is 0 Å². The van der Waals surface area contributed by atoms with E-state index in [-0.39, 0.29) is 28.7 Å². The van der Waals surface area contributed by atoms with Crippen LogP contribution in [0.2, 0.25) is 0 Å². The molecule has 158 valence electrons. The van der Waals surface area contributed by atoms with Gasteiger partial charge in [0.1, 0.15) is 11.6 Å². The van der Waals surface area contributed by atoms with Crippen LogP contribution in [0.4, 0.5) is 4.39 Å². The minimum atomic E-state index is -0.430. The first-order chi connectivity index (χ1) is 14.9. The first kappa shape index (κ1) is 19.6. The largest absolute Gasteiger partial charge is 0.497 e. The van der Waals surface area contributed by atoms with Crippen LogP contribution in [0, 0.1) is 12.7 Å². The van der Waals surface area contributed by atoms with Crippen molar-refractivity contribution >= 4 is 23.4 Å². The summed E-state index contributed by atoms with van der Waals surface area (Å²) in [6, 6.07) is 3.08. The van der Waals surface area contributed by atoms with Crippen molar-refractivity contribution in [3.8, 4) is 11.4 Å². The molecule has 5 rings (SSSR count). The zero-order valence-corrected chi connectivity index (χ0v) is 17.5. The molecule has 3 aromatic rings. The van der Waals surface area contributed by atoms with Crippen molar-refractivity contribution in [3.05, 3.63) is 68.3 Å². The zero-order valence-electron chi connectivity index (χ0n) is 17.5. The Morgan fingerprint density at radius 1 is 1.42 bits per heavy atom. The zero-order chi connectivity index (χ0) is 22.0. The van der Waals surface area contributed by atoms with Crippen molar-refractivity contribution in [2.45, 2.75) is 39.0 Å². The number of fused-ring (bicyclic) bond motifs is 4. The summed E-state index contributed by atoms with van der Waals surface area (Å²) in [4.78, 5) is 22.4. The second-order valence-electron chi connectivity index (χ2n) is 8.04. The number of benzene rings is 1. The Morgan fingerprint density at radius 2 is 2.19 bits per heavy atom. The van der Waals surface area contributed by atoms with E-state index in [1.807, 2.05) is 0 Å². The summed E-state index contributed by atoms with van der Waals surface area (Å²) < 4.78 is 21.5. The highest BCUT2D eigenvalue weighted by atomic mass is 19.1. The predicted octanol–water partition coefficient (Wildman–Crippen LogP) is 3.67. The van der Waals surface area contributed by atoms with Crippen molar-refractivity contribution in [2.75, 3.05) is 7.11 Å². The quantitative estimate of drug-likeness (QED) is 0.405. The minimum absolute atomic E-state index is 0.146. The number of aliphatic hydroxyl groups excluding tert-OH is 1. The van der Waals surface area contributed by atoms with E-state index in [1.54, 1.807) is 17.6 Å². The van der Waals surface area contributed by atoms with Gasteiger partial charge in [-0.25, -0.2) is 9.37 Å². The Kier molecular flexibility index (Phi) is 4.34. The van der Waals surface area contributed by atoms with E-state index in [0.717, 1.165) is 28.5 Å². The van der Waals surface area contributed by atoms with Crippen molar-refractivity contribution in [3.63, 3.8) is 0 Å². The van der Waals surface area contributed by atoms with Gasteiger partial charge in [0.05, 0.1) is 48.8 Å². The molecule has 7 heteroatoms. The fourth-order valence-corrected chi connectivity index (χ4v) is 5.01. The first-order valence-electron chi connectivity index (χ1n) is 10.1. The summed E-state index contributed by atoms with van der Waals surface area (Å²) >= 11 is 0. The van der Waals surface area contributed by atoms with E-state index in [4.69, 9.17) is 9.72 Å². The van der Waals surface area contributed by atoms with Gasteiger partial charge in [-0.3, -0.25) is 9.79 Å². The maximum Gasteiger partial charge on any atom is 0.257 e. The van der Waals surface area contributed by atoms with Gasteiger partial charge in [0, 0.05) is 22.6 Å². The summed E-state index contributed by atoms with van der Waals surface area (Å²) in [7, 11) is 1.46. The van der Waals surface area contributed by atoms with Crippen molar-refractivity contribution in [2.24, 2.45) is 4.99 Å². The van der Waals surface area contributed by atoms with Crippen LogP contribution in [0.3, 0.4) is 0 Å². The van der Waals surface area contributed by atoms with Gasteiger partial charge < -0.3 is 14.4 Å². The lowest BCUT2D eigenvalue weighted by Crippen LogP contribution is -2.25. The first-order valence-corrected chi connectivity index (χ1v) is 10.1. The van der Waals surface area contributed by atoms with Crippen LogP contribution in [0.25, 0.3) is 28.0 Å². The number of nitrogens with zero attached hydrogens (tertiary/aromatic N) is 3. The van der Waals surface area contributed by atoms with Gasteiger partial charge in [0.2, 0.25) is 0 Å². The molecule has 2 aliphatic rings. The molecule has 31 heavy (non-hydrogen) atoms. The average Bonchev–Trinajstić information content (AvgIpc) is 3.15. The number of methoxy groups -OCH3 is 1. The molecule has 1 aliphatic carbocycles. The standard InChI is InChI=1S/C24H22FN3O3/c1-11-13-5-6-18(26-3)22-15-9-28-20(23(15)27-19(21(13)22)8-17(11)25)7-14(12(2)31-4)16(10-29)24(28)30/h7-8,18,29H,2-3,5-6,9-10H2,1,4H3/t18-/m0/s1. The number of hydrogen-bond acceptors (Lipinski definition) is 5. The number of aliphatic imine (C=N–C) groups is 1. The lowest BCUT2D eigenvalue weighted by atomic mass is 9.82. The highest BCUT2D eigenvalue weighted by Crippen LogP contribution is 2.45. The molecule has 3 heterocycles. The molecule has 0 amide bonds. The van der Waals surface area contributed by atoms with Gasteiger partial charge in [0.15, 0.2) is 0 Å². The molecule has 1 N–H and O–H groups in total. The van der Waals surface area contributed by atoms with Gasteiger partial charge in [0.25, 0.3) is 5.56 Å². The second kappa shape index (κ2) is 6.85. The average molecular weight is 419 g/mol. The lowest BCUT2D eigenvalue weighted by molar-refractivity contribution is 0.277. The molecule has 0 saturated carbocycles. The third-order valence-corrected chi connectivity index (χ3v) is 6.63. The number of aromatic nitrogens is 2. The van der Waals surface area contributed by atoms with Crippen LogP contribution in [-0.2, 0) is 24.3 Å². The van der Waals surface area contributed by atoms with Crippen molar-refractivity contribution in [1.29, 1.82) is 0 Å². The molecule has 0 bridgehead atoms. The van der Waals surface area contributed by atoms with Gasteiger partial charge in [-0.1, -0.05) is 6.58 Å². The molecule has 1 aromatic carbocycles. The summed E-state index contributed by atoms with van der Waals surface area (Å²) in [5, 5.41) is 10.8. The molecule has 1 aliphatic heterocycles. The smallest absolute Gasteiger partial charge is 0.257 e. The number of rotatable bonds is 4. The summed E-state index contributed by atoms with van der Waals surface area (Å²) in [5.74, 6) is 0.0000899. The highest BCUT2D eigenvalue weighted by Gasteiger charge is 2.34. The van der Waals surface area contributed by atoms with E-state index in [2.05, 4.69) is 18.3 Å². The third-order valence-electron chi connectivity index (χ3n) is 6.63. The van der Waals surface area contributed by atoms with Crippen LogP contribution in [0.15, 0.2) is 28.5 Å². The maximum atomic E-state index is 14.7. The predicted molar refractivity (Wildman–Crippen MR) is 118 cm³/mol. The molecular formula is C24H22FN3O3. The Morgan fingerprint density at radius 3 is 2.87 bits per heavy atom. The van der Waals surface area contributed by atoms with E-state index in [0.29, 0.717) is 41.0 Å².